The van der Waals surface area contributed by atoms with E-state index in [1.165, 1.54) is 5.57 Å². The zero-order valence-corrected chi connectivity index (χ0v) is 22.3. The molecular formula is C23H42INO5. The lowest BCUT2D eigenvalue weighted by Gasteiger charge is -2.50. The van der Waals surface area contributed by atoms with Crippen LogP contribution in [0.4, 0.5) is 0 Å². The largest absolute Gasteiger partial charge is 0.459 e. The highest BCUT2D eigenvalue weighted by Gasteiger charge is 2.55. The minimum absolute atomic E-state index is 0.0512. The van der Waals surface area contributed by atoms with Gasteiger partial charge in [-0.05, 0) is 75.5 Å². The number of aliphatic hydroxyl groups is 1. The van der Waals surface area contributed by atoms with E-state index in [4.69, 9.17) is 14.2 Å². The van der Waals surface area contributed by atoms with Crippen LogP contribution in [0.3, 0.4) is 0 Å². The molecule has 1 fully saturated rings. The van der Waals surface area contributed by atoms with Crippen molar-refractivity contribution in [2.24, 2.45) is 11.3 Å². The number of allylic oxidation sites excluding steroid dienone is 1. The maximum absolute atomic E-state index is 12.5. The van der Waals surface area contributed by atoms with Gasteiger partial charge < -0.3 is 24.6 Å². The third kappa shape index (κ3) is 8.04. The Kier molecular flexibility index (Phi) is 10.3. The first kappa shape index (κ1) is 27.8. The summed E-state index contributed by atoms with van der Waals surface area (Å²) in [5.41, 5.74) is 0.550. The highest BCUT2D eigenvalue weighted by Crippen LogP contribution is 2.47. The second-order valence-corrected chi connectivity index (χ2v) is 12.1. The first-order valence-electron chi connectivity index (χ1n) is 10.8. The van der Waals surface area contributed by atoms with E-state index in [1.807, 2.05) is 33.8 Å². The second kappa shape index (κ2) is 11.1. The van der Waals surface area contributed by atoms with Gasteiger partial charge in [0.15, 0.2) is 0 Å². The van der Waals surface area contributed by atoms with Gasteiger partial charge in [-0.15, -0.1) is 0 Å². The average Bonchev–Trinajstić information content (AvgIpc) is 2.58. The fourth-order valence-corrected chi connectivity index (χ4v) is 5.15. The fraction of sp³-hybridized carbons (Fsp3) is 0.870. The number of esters is 1. The van der Waals surface area contributed by atoms with Crippen molar-refractivity contribution >= 4 is 28.6 Å². The van der Waals surface area contributed by atoms with Gasteiger partial charge >= 0.3 is 5.97 Å². The number of methoxy groups -OCH3 is 1. The molecule has 5 atom stereocenters. The number of nitrogens with one attached hydrogen (secondary N) is 1. The summed E-state index contributed by atoms with van der Waals surface area (Å²) in [6, 6.07) is 0.171. The summed E-state index contributed by atoms with van der Waals surface area (Å²) in [4.78, 5) is 12.5. The molecule has 1 unspecified atom stereocenters. The molecule has 0 heterocycles. The van der Waals surface area contributed by atoms with Gasteiger partial charge in [0, 0.05) is 13.2 Å². The van der Waals surface area contributed by atoms with Crippen LogP contribution in [0.5, 0.6) is 0 Å². The molecule has 0 amide bonds. The molecule has 0 aromatic heterocycles. The Bertz CT molecular complexity index is 593. The van der Waals surface area contributed by atoms with E-state index in [2.05, 4.69) is 55.6 Å². The van der Waals surface area contributed by atoms with Crippen molar-refractivity contribution in [1.82, 2.24) is 5.32 Å². The summed E-state index contributed by atoms with van der Waals surface area (Å²) in [5, 5.41) is 14.4. The monoisotopic (exact) mass is 539 g/mol. The number of hydrogen-bond donors (Lipinski definition) is 2. The fourth-order valence-electron chi connectivity index (χ4n) is 3.74. The number of alkyl halides is 1. The topological polar surface area (TPSA) is 77.0 Å². The summed E-state index contributed by atoms with van der Waals surface area (Å²) in [6.45, 7) is 17.0. The van der Waals surface area contributed by atoms with E-state index >= 15 is 0 Å². The van der Waals surface area contributed by atoms with Crippen LogP contribution in [0.15, 0.2) is 11.6 Å². The van der Waals surface area contributed by atoms with Gasteiger partial charge in [0.1, 0.15) is 15.8 Å². The van der Waals surface area contributed by atoms with E-state index in [-0.39, 0.29) is 29.9 Å². The van der Waals surface area contributed by atoms with E-state index in [9.17, 15) is 9.90 Å². The standard InChI is InChI=1S/C23H42INO5/c1-15(2)11-13-29-22(7,8)20-19(28-9)17(10-12-23(20,24)27)30-18(26)14-25-16(3)21(4,5)6/h11,16-17,19-20,25,27H,10,12-14H2,1-9H3/t16?,17-,19-,20-,23-/m1/s1. The second-order valence-electron chi connectivity index (χ2n) is 10.2. The maximum atomic E-state index is 12.5. The van der Waals surface area contributed by atoms with E-state index < -0.39 is 21.4 Å². The number of hydrogen-bond acceptors (Lipinski definition) is 6. The lowest BCUT2D eigenvalue weighted by molar-refractivity contribution is -0.202. The molecule has 0 bridgehead atoms. The van der Waals surface area contributed by atoms with Crippen LogP contribution in [-0.2, 0) is 19.0 Å². The van der Waals surface area contributed by atoms with Gasteiger partial charge in [-0.2, -0.15) is 0 Å². The number of carbonyl (C=O) groups excluding carboxylic acids is 1. The highest BCUT2D eigenvalue weighted by molar-refractivity contribution is 14.1. The molecule has 0 spiro atoms. The normalized spacial score (nSPS) is 28.7. The summed E-state index contributed by atoms with van der Waals surface area (Å²) in [5.74, 6) is -0.673. The first-order chi connectivity index (χ1) is 13.6. The minimum Gasteiger partial charge on any atom is -0.459 e. The van der Waals surface area contributed by atoms with Gasteiger partial charge in [0.05, 0.1) is 24.7 Å². The SMILES string of the molecule is CO[C@H]1[C@H](C(C)(C)OCC=C(C)C)[C@@](O)(I)CC[C@H]1OC(=O)CNC(C)C(C)(C)C. The average molecular weight is 539 g/mol. The molecular weight excluding hydrogens is 497 g/mol. The van der Waals surface area contributed by atoms with Crippen LogP contribution in [-0.4, -0.2) is 58.8 Å². The predicted octanol–water partition coefficient (Wildman–Crippen LogP) is 4.23. The molecule has 0 saturated heterocycles. The molecule has 2 N–H and O–H groups in total. The number of rotatable bonds is 9. The van der Waals surface area contributed by atoms with Crippen molar-refractivity contribution < 1.29 is 24.1 Å². The van der Waals surface area contributed by atoms with E-state index in [1.54, 1.807) is 7.11 Å². The molecule has 30 heavy (non-hydrogen) atoms. The molecule has 0 aromatic carbocycles. The Hall–Kier alpha value is -0.220. The Morgan fingerprint density at radius 2 is 1.90 bits per heavy atom. The zero-order chi connectivity index (χ0) is 23.3. The smallest absolute Gasteiger partial charge is 0.320 e. The van der Waals surface area contributed by atoms with Crippen molar-refractivity contribution in [3.05, 3.63) is 11.6 Å². The third-order valence-corrected chi connectivity index (χ3v) is 7.26. The summed E-state index contributed by atoms with van der Waals surface area (Å²) < 4.78 is 16.7. The van der Waals surface area contributed by atoms with E-state index in [0.29, 0.717) is 19.4 Å². The van der Waals surface area contributed by atoms with Crippen LogP contribution < -0.4 is 5.32 Å². The van der Waals surface area contributed by atoms with Gasteiger partial charge in [0.2, 0.25) is 0 Å². The van der Waals surface area contributed by atoms with Crippen LogP contribution in [0, 0.1) is 11.3 Å². The molecule has 1 rings (SSSR count). The lowest BCUT2D eigenvalue weighted by atomic mass is 9.73. The number of carbonyl (C=O) groups is 1. The molecule has 0 radical (unpaired) electrons. The first-order valence-corrected chi connectivity index (χ1v) is 11.8. The molecule has 0 aromatic rings. The molecule has 0 aliphatic heterocycles. The molecule has 1 aliphatic rings. The predicted molar refractivity (Wildman–Crippen MR) is 129 cm³/mol. The van der Waals surface area contributed by atoms with Gasteiger partial charge in [0.25, 0.3) is 0 Å². The molecule has 1 saturated carbocycles. The van der Waals surface area contributed by atoms with Crippen LogP contribution in [0.2, 0.25) is 0 Å². The Morgan fingerprint density at radius 1 is 1.30 bits per heavy atom. The molecule has 1 aliphatic carbocycles. The van der Waals surface area contributed by atoms with Gasteiger partial charge in [-0.1, -0.05) is 32.4 Å². The van der Waals surface area contributed by atoms with Crippen LogP contribution >= 0.6 is 22.6 Å². The third-order valence-electron chi connectivity index (χ3n) is 6.05. The number of ether oxygens (including phenoxy) is 3. The zero-order valence-electron chi connectivity index (χ0n) is 20.2. The Morgan fingerprint density at radius 3 is 2.40 bits per heavy atom. The van der Waals surface area contributed by atoms with Crippen molar-refractivity contribution in [3.63, 3.8) is 0 Å². The van der Waals surface area contributed by atoms with Crippen molar-refractivity contribution in [2.45, 2.75) is 95.7 Å². The van der Waals surface area contributed by atoms with Crippen molar-refractivity contribution in [1.29, 1.82) is 0 Å². The molecule has 6 nitrogen and oxygen atoms in total. The summed E-state index contributed by atoms with van der Waals surface area (Å²) in [7, 11) is 1.60. The maximum Gasteiger partial charge on any atom is 0.320 e. The van der Waals surface area contributed by atoms with Gasteiger partial charge in [-0.3, -0.25) is 4.79 Å². The minimum atomic E-state index is -1.02. The van der Waals surface area contributed by atoms with Crippen LogP contribution in [0.1, 0.15) is 68.2 Å². The van der Waals surface area contributed by atoms with Crippen molar-refractivity contribution in [2.75, 3.05) is 20.3 Å². The Balaban J connectivity index is 2.90. The summed E-state index contributed by atoms with van der Waals surface area (Å²) >= 11 is 2.09. The van der Waals surface area contributed by atoms with Crippen molar-refractivity contribution in [3.8, 4) is 0 Å². The molecule has 176 valence electrons. The summed E-state index contributed by atoms with van der Waals surface area (Å²) in [6.07, 6.45) is 2.15. The molecule has 7 heteroatoms. The quantitative estimate of drug-likeness (QED) is 0.198. The van der Waals surface area contributed by atoms with E-state index in [0.717, 1.165) is 0 Å². The lowest BCUT2D eigenvalue weighted by Crippen LogP contribution is -2.60. The Labute approximate surface area is 196 Å². The highest BCUT2D eigenvalue weighted by atomic mass is 127. The number of halogens is 1. The van der Waals surface area contributed by atoms with Gasteiger partial charge in [-0.25, -0.2) is 0 Å². The van der Waals surface area contributed by atoms with Crippen LogP contribution in [0.25, 0.3) is 0 Å².